The minimum atomic E-state index is -4.73. The number of halogens is 4. The van der Waals surface area contributed by atoms with Gasteiger partial charge in [0.2, 0.25) is 0 Å². The van der Waals surface area contributed by atoms with Crippen LogP contribution in [0.4, 0.5) is 22.4 Å². The molecule has 0 fully saturated rings. The topological polar surface area (TPSA) is 97.4 Å². The lowest BCUT2D eigenvalue weighted by molar-refractivity contribution is -0.137. The van der Waals surface area contributed by atoms with Gasteiger partial charge in [-0.1, -0.05) is 0 Å². The first-order chi connectivity index (χ1) is 16.9. The second-order valence-corrected chi connectivity index (χ2v) is 10.5. The number of aromatic nitrogens is 1. The van der Waals surface area contributed by atoms with E-state index in [1.165, 1.54) is 18.3 Å². The Kier molecular flexibility index (Phi) is 9.05. The van der Waals surface area contributed by atoms with Crippen LogP contribution in [0.1, 0.15) is 74.6 Å². The molecule has 1 aromatic heterocycles. The van der Waals surface area contributed by atoms with Gasteiger partial charge in [0.25, 0.3) is 5.91 Å². The van der Waals surface area contributed by atoms with Gasteiger partial charge in [-0.2, -0.15) is 13.2 Å². The van der Waals surface area contributed by atoms with Crippen molar-refractivity contribution in [1.82, 2.24) is 15.6 Å². The summed E-state index contributed by atoms with van der Waals surface area (Å²) in [5, 5.41) is 5.05. The van der Waals surface area contributed by atoms with E-state index in [9.17, 15) is 31.9 Å². The van der Waals surface area contributed by atoms with Gasteiger partial charge in [0.1, 0.15) is 11.4 Å². The number of ketones is 1. The Morgan fingerprint density at radius 2 is 1.68 bits per heavy atom. The molecule has 1 heterocycles. The summed E-state index contributed by atoms with van der Waals surface area (Å²) in [5.41, 5.74) is -3.02. The van der Waals surface area contributed by atoms with Gasteiger partial charge in [-0.05, 0) is 83.9 Å². The first-order valence-electron chi connectivity index (χ1n) is 11.5. The molecule has 0 bridgehead atoms. The highest BCUT2D eigenvalue weighted by Crippen LogP contribution is 2.32. The molecule has 2 rings (SSSR count). The highest BCUT2D eigenvalue weighted by molar-refractivity contribution is 5.98. The van der Waals surface area contributed by atoms with Crippen molar-refractivity contribution in [2.75, 3.05) is 6.54 Å². The number of alkyl carbamates (subject to hydrolysis) is 1. The summed E-state index contributed by atoms with van der Waals surface area (Å²) in [4.78, 5) is 42.5. The third kappa shape index (κ3) is 9.14. The second-order valence-electron chi connectivity index (χ2n) is 10.5. The van der Waals surface area contributed by atoms with Crippen molar-refractivity contribution in [1.29, 1.82) is 0 Å². The molecule has 1 unspecified atom stereocenters. The summed E-state index contributed by atoms with van der Waals surface area (Å²) < 4.78 is 59.5. The minimum Gasteiger partial charge on any atom is -0.444 e. The van der Waals surface area contributed by atoms with E-state index in [0.29, 0.717) is 18.2 Å². The van der Waals surface area contributed by atoms with E-state index >= 15 is 0 Å². The zero-order valence-corrected chi connectivity index (χ0v) is 21.5. The van der Waals surface area contributed by atoms with Gasteiger partial charge >= 0.3 is 12.3 Å². The summed E-state index contributed by atoms with van der Waals surface area (Å²) in [5.74, 6) is -3.58. The number of carbonyl (C=O) groups excluding carboxylic acids is 3. The van der Waals surface area contributed by atoms with Crippen LogP contribution < -0.4 is 10.6 Å². The van der Waals surface area contributed by atoms with E-state index in [4.69, 9.17) is 4.74 Å². The number of nitrogens with zero attached hydrogens (tertiary/aromatic N) is 1. The van der Waals surface area contributed by atoms with E-state index in [1.807, 2.05) is 0 Å². The molecule has 0 saturated heterocycles. The maximum Gasteiger partial charge on any atom is 0.416 e. The lowest BCUT2D eigenvalue weighted by Gasteiger charge is -2.24. The monoisotopic (exact) mass is 525 g/mol. The Labute approximate surface area is 213 Å². The SMILES string of the molecule is CC(C)(C)NC(=O)c1cccnc1C(Cc1cc(C(F)(F)F)ccc1F)C(=O)CNC(=O)OC(C)(C)C. The Bertz CT molecular complexity index is 1150. The van der Waals surface area contributed by atoms with Gasteiger partial charge in [0.15, 0.2) is 5.78 Å². The number of hydrogen-bond acceptors (Lipinski definition) is 5. The van der Waals surface area contributed by atoms with Crippen LogP contribution in [0, 0.1) is 5.82 Å². The van der Waals surface area contributed by atoms with Gasteiger partial charge < -0.3 is 15.4 Å². The van der Waals surface area contributed by atoms with Crippen LogP contribution >= 0.6 is 0 Å². The van der Waals surface area contributed by atoms with Crippen molar-refractivity contribution in [3.8, 4) is 0 Å². The van der Waals surface area contributed by atoms with Gasteiger partial charge in [-0.25, -0.2) is 9.18 Å². The smallest absolute Gasteiger partial charge is 0.416 e. The highest BCUT2D eigenvalue weighted by atomic mass is 19.4. The number of Topliss-reactive ketones (excluding diaryl/α,β-unsaturated/α-hetero) is 1. The van der Waals surface area contributed by atoms with Crippen LogP contribution in [0.2, 0.25) is 0 Å². The molecule has 0 radical (unpaired) electrons. The molecule has 2 aromatic rings. The Hall–Kier alpha value is -3.50. The van der Waals surface area contributed by atoms with Crippen LogP contribution in [0.3, 0.4) is 0 Å². The molecule has 2 N–H and O–H groups in total. The summed E-state index contributed by atoms with van der Waals surface area (Å²) in [6, 6.07) is 4.77. The molecule has 0 spiro atoms. The summed E-state index contributed by atoms with van der Waals surface area (Å²) in [6.07, 6.45) is -4.84. The number of rotatable bonds is 7. The van der Waals surface area contributed by atoms with E-state index in [2.05, 4.69) is 15.6 Å². The van der Waals surface area contributed by atoms with Crippen molar-refractivity contribution < 1.29 is 36.7 Å². The van der Waals surface area contributed by atoms with E-state index < -0.39 is 70.9 Å². The molecule has 37 heavy (non-hydrogen) atoms. The highest BCUT2D eigenvalue weighted by Gasteiger charge is 2.33. The van der Waals surface area contributed by atoms with Gasteiger partial charge in [-0.15, -0.1) is 0 Å². The normalized spacial score (nSPS) is 13.0. The first-order valence-corrected chi connectivity index (χ1v) is 11.5. The third-order valence-electron chi connectivity index (χ3n) is 4.89. The molecule has 11 heteroatoms. The number of hydrogen-bond donors (Lipinski definition) is 2. The average Bonchev–Trinajstić information content (AvgIpc) is 2.73. The lowest BCUT2D eigenvalue weighted by Crippen LogP contribution is -2.41. The molecular formula is C26H31F4N3O4. The fourth-order valence-electron chi connectivity index (χ4n) is 3.38. The molecule has 202 valence electrons. The maximum absolute atomic E-state index is 14.6. The quantitative estimate of drug-likeness (QED) is 0.485. The Morgan fingerprint density at radius 1 is 1.03 bits per heavy atom. The predicted octanol–water partition coefficient (Wildman–Crippen LogP) is 5.19. The lowest BCUT2D eigenvalue weighted by atomic mass is 9.88. The fraction of sp³-hybridized carbons (Fsp3) is 0.462. The molecule has 0 saturated carbocycles. The third-order valence-corrected chi connectivity index (χ3v) is 4.89. The number of nitrogens with one attached hydrogen (secondary N) is 2. The van der Waals surface area contributed by atoms with Crippen LogP contribution in [0.15, 0.2) is 36.5 Å². The minimum absolute atomic E-state index is 0.000396. The van der Waals surface area contributed by atoms with E-state index in [1.54, 1.807) is 41.5 Å². The molecular weight excluding hydrogens is 494 g/mol. The molecule has 0 aliphatic carbocycles. The number of benzene rings is 1. The Balaban J connectivity index is 2.50. The van der Waals surface area contributed by atoms with Crippen molar-refractivity contribution in [2.24, 2.45) is 0 Å². The van der Waals surface area contributed by atoms with Crippen LogP contribution in [0.5, 0.6) is 0 Å². The molecule has 0 aliphatic heterocycles. The number of alkyl halides is 3. The molecule has 1 atom stereocenters. The van der Waals surface area contributed by atoms with Gasteiger partial charge in [0, 0.05) is 11.7 Å². The van der Waals surface area contributed by atoms with E-state index in [0.717, 1.165) is 0 Å². The second kappa shape index (κ2) is 11.3. The van der Waals surface area contributed by atoms with Crippen molar-refractivity contribution in [3.05, 3.63) is 64.7 Å². The summed E-state index contributed by atoms with van der Waals surface area (Å²) in [6.45, 7) is 9.52. The number of carbonyl (C=O) groups is 3. The van der Waals surface area contributed by atoms with Crippen molar-refractivity contribution in [2.45, 2.75) is 71.2 Å². The van der Waals surface area contributed by atoms with Crippen LogP contribution in [-0.4, -0.2) is 40.5 Å². The van der Waals surface area contributed by atoms with Crippen LogP contribution in [0.25, 0.3) is 0 Å². The molecule has 2 amide bonds. The fourth-order valence-corrected chi connectivity index (χ4v) is 3.38. The number of ether oxygens (including phenoxy) is 1. The molecule has 7 nitrogen and oxygen atoms in total. The predicted molar refractivity (Wildman–Crippen MR) is 129 cm³/mol. The standard InChI is InChI=1S/C26H31F4N3O4/c1-24(2,3)33-22(35)17-8-7-11-31-21(17)18(20(34)14-32-23(36)37-25(4,5)6)13-15-12-16(26(28,29)30)9-10-19(15)27/h7-12,18H,13-14H2,1-6H3,(H,32,36)(H,33,35). The van der Waals surface area contributed by atoms with Gasteiger partial charge in [-0.3, -0.25) is 14.6 Å². The maximum atomic E-state index is 14.6. The van der Waals surface area contributed by atoms with Crippen LogP contribution in [-0.2, 0) is 22.1 Å². The van der Waals surface area contributed by atoms with Gasteiger partial charge in [0.05, 0.1) is 29.3 Å². The summed E-state index contributed by atoms with van der Waals surface area (Å²) >= 11 is 0. The molecule has 1 aromatic carbocycles. The summed E-state index contributed by atoms with van der Waals surface area (Å²) in [7, 11) is 0. The van der Waals surface area contributed by atoms with Crippen molar-refractivity contribution in [3.63, 3.8) is 0 Å². The number of amides is 2. The van der Waals surface area contributed by atoms with E-state index in [-0.39, 0.29) is 11.3 Å². The number of pyridine rings is 1. The first kappa shape index (κ1) is 29.7. The Morgan fingerprint density at radius 3 is 2.24 bits per heavy atom. The molecule has 0 aliphatic rings. The zero-order chi connectivity index (χ0) is 28.2. The zero-order valence-electron chi connectivity index (χ0n) is 21.5. The van der Waals surface area contributed by atoms with Crippen molar-refractivity contribution >= 4 is 17.8 Å². The largest absolute Gasteiger partial charge is 0.444 e. The average molecular weight is 526 g/mol.